The van der Waals surface area contributed by atoms with Crippen LogP contribution in [-0.2, 0) is 0 Å². The molecule has 1 aliphatic rings. The van der Waals surface area contributed by atoms with Gasteiger partial charge in [0.1, 0.15) is 5.58 Å². The summed E-state index contributed by atoms with van der Waals surface area (Å²) in [5, 5.41) is 6.93. The molecule has 6 heteroatoms. The summed E-state index contributed by atoms with van der Waals surface area (Å²) >= 11 is 7.45. The van der Waals surface area contributed by atoms with Gasteiger partial charge in [0.25, 0.3) is 5.91 Å². The Morgan fingerprint density at radius 1 is 1.45 bits per heavy atom. The Bertz CT molecular complexity index is 880. The number of aryl methyl sites for hydroxylation is 1. The maximum atomic E-state index is 12.4. The summed E-state index contributed by atoms with van der Waals surface area (Å²) in [6.45, 7) is 1.86. The zero-order chi connectivity index (χ0) is 15.3. The molecule has 0 saturated heterocycles. The van der Waals surface area contributed by atoms with Gasteiger partial charge in [-0.25, -0.2) is 4.98 Å². The van der Waals surface area contributed by atoms with Gasteiger partial charge in [-0.1, -0.05) is 11.6 Å². The van der Waals surface area contributed by atoms with Crippen molar-refractivity contribution in [3.05, 3.63) is 45.6 Å². The van der Waals surface area contributed by atoms with Crippen molar-refractivity contribution < 1.29 is 9.21 Å². The minimum atomic E-state index is -0.276. The van der Waals surface area contributed by atoms with E-state index < -0.39 is 0 Å². The number of amides is 1. The van der Waals surface area contributed by atoms with Crippen molar-refractivity contribution in [1.82, 2.24) is 4.98 Å². The van der Waals surface area contributed by atoms with Crippen LogP contribution in [0.5, 0.6) is 0 Å². The Morgan fingerprint density at radius 3 is 3.05 bits per heavy atom. The highest BCUT2D eigenvalue weighted by Gasteiger charge is 2.26. The molecule has 1 aliphatic carbocycles. The molecule has 4 rings (SSSR count). The second-order valence-corrected chi connectivity index (χ2v) is 6.80. The van der Waals surface area contributed by atoms with E-state index in [1.165, 1.54) is 24.2 Å². The number of hydrogen-bond donors (Lipinski definition) is 1. The standard InChI is InChI=1S/C16H13ClN2O2S/c1-8-11-6-10(17)4-5-13(11)21-14(8)15(20)19-16-18-12(7-22-16)9-2-3-9/h4-7,9H,2-3H2,1H3,(H,18,19,20). The van der Waals surface area contributed by atoms with E-state index in [9.17, 15) is 4.79 Å². The summed E-state index contributed by atoms with van der Waals surface area (Å²) in [4.78, 5) is 16.9. The van der Waals surface area contributed by atoms with Gasteiger partial charge < -0.3 is 4.42 Å². The minimum absolute atomic E-state index is 0.276. The summed E-state index contributed by atoms with van der Waals surface area (Å²) in [7, 11) is 0. The lowest BCUT2D eigenvalue weighted by atomic mass is 10.1. The Hall–Kier alpha value is -1.85. The number of hydrogen-bond acceptors (Lipinski definition) is 4. The summed E-state index contributed by atoms with van der Waals surface area (Å²) in [5.41, 5.74) is 2.52. The van der Waals surface area contributed by atoms with Gasteiger partial charge in [0, 0.05) is 27.3 Å². The highest BCUT2D eigenvalue weighted by atomic mass is 35.5. The third-order valence-electron chi connectivity index (χ3n) is 3.84. The number of halogens is 1. The third-order valence-corrected chi connectivity index (χ3v) is 4.85. The zero-order valence-corrected chi connectivity index (χ0v) is 13.4. The molecule has 0 aliphatic heterocycles. The van der Waals surface area contributed by atoms with E-state index in [4.69, 9.17) is 16.0 Å². The molecule has 1 aromatic carbocycles. The molecule has 1 N–H and O–H groups in total. The van der Waals surface area contributed by atoms with Gasteiger partial charge in [-0.2, -0.15) is 0 Å². The molecule has 1 saturated carbocycles. The molecular formula is C16H13ClN2O2S. The van der Waals surface area contributed by atoms with Gasteiger partial charge >= 0.3 is 0 Å². The van der Waals surface area contributed by atoms with E-state index in [0.29, 0.717) is 27.4 Å². The molecule has 1 amide bonds. The van der Waals surface area contributed by atoms with Gasteiger partial charge in [-0.3, -0.25) is 10.1 Å². The van der Waals surface area contributed by atoms with Crippen LogP contribution in [0.1, 0.15) is 40.6 Å². The predicted octanol–water partition coefficient (Wildman–Crippen LogP) is 4.98. The van der Waals surface area contributed by atoms with Crippen molar-refractivity contribution in [2.24, 2.45) is 0 Å². The summed E-state index contributed by atoms with van der Waals surface area (Å²) < 4.78 is 5.66. The van der Waals surface area contributed by atoms with Crippen LogP contribution in [0.15, 0.2) is 28.0 Å². The highest BCUT2D eigenvalue weighted by Crippen LogP contribution is 2.41. The van der Waals surface area contributed by atoms with Crippen LogP contribution < -0.4 is 5.32 Å². The maximum Gasteiger partial charge on any atom is 0.293 e. The van der Waals surface area contributed by atoms with E-state index in [0.717, 1.165) is 16.6 Å². The fourth-order valence-electron chi connectivity index (χ4n) is 2.47. The smallest absolute Gasteiger partial charge is 0.293 e. The average molecular weight is 333 g/mol. The van der Waals surface area contributed by atoms with E-state index in [-0.39, 0.29) is 5.91 Å². The van der Waals surface area contributed by atoms with E-state index in [2.05, 4.69) is 10.3 Å². The molecule has 112 valence electrons. The lowest BCUT2D eigenvalue weighted by Gasteiger charge is -1.99. The van der Waals surface area contributed by atoms with Crippen LogP contribution in [-0.4, -0.2) is 10.9 Å². The topological polar surface area (TPSA) is 55.1 Å². The van der Waals surface area contributed by atoms with E-state index in [1.807, 2.05) is 12.3 Å². The number of nitrogens with zero attached hydrogens (tertiary/aromatic N) is 1. The minimum Gasteiger partial charge on any atom is -0.451 e. The first kappa shape index (κ1) is 13.8. The molecule has 0 atom stereocenters. The summed E-state index contributed by atoms with van der Waals surface area (Å²) in [6.07, 6.45) is 2.39. The molecule has 0 unspecified atom stereocenters. The number of carbonyl (C=O) groups excluding carboxylic acids is 1. The SMILES string of the molecule is Cc1c(C(=O)Nc2nc(C3CC3)cs2)oc2ccc(Cl)cc12. The second kappa shape index (κ2) is 5.11. The summed E-state index contributed by atoms with van der Waals surface area (Å²) in [5.74, 6) is 0.610. The number of thiazole rings is 1. The van der Waals surface area contributed by atoms with Crippen molar-refractivity contribution in [3.63, 3.8) is 0 Å². The first-order chi connectivity index (χ1) is 10.6. The van der Waals surface area contributed by atoms with Gasteiger partial charge in [-0.05, 0) is 38.0 Å². The van der Waals surface area contributed by atoms with Crippen molar-refractivity contribution in [3.8, 4) is 0 Å². The summed E-state index contributed by atoms with van der Waals surface area (Å²) in [6, 6.07) is 5.33. The first-order valence-corrected chi connectivity index (χ1v) is 8.33. The largest absolute Gasteiger partial charge is 0.451 e. The number of carbonyl (C=O) groups is 1. The van der Waals surface area contributed by atoms with Crippen LogP contribution >= 0.6 is 22.9 Å². The second-order valence-electron chi connectivity index (χ2n) is 5.50. The Labute approximate surface area is 136 Å². The Balaban J connectivity index is 1.62. The molecule has 1 fully saturated rings. The molecule has 2 aromatic heterocycles. The number of benzene rings is 1. The lowest BCUT2D eigenvalue weighted by molar-refractivity contribution is 0.0998. The molecule has 2 heterocycles. The van der Waals surface area contributed by atoms with Crippen LogP contribution in [0.25, 0.3) is 11.0 Å². The normalized spacial score (nSPS) is 14.5. The van der Waals surface area contributed by atoms with Crippen LogP contribution in [0.3, 0.4) is 0 Å². The van der Waals surface area contributed by atoms with Gasteiger partial charge in [0.15, 0.2) is 10.9 Å². The number of furan rings is 1. The quantitative estimate of drug-likeness (QED) is 0.735. The van der Waals surface area contributed by atoms with Crippen molar-refractivity contribution in [2.75, 3.05) is 5.32 Å². The van der Waals surface area contributed by atoms with Crippen LogP contribution in [0, 0.1) is 6.92 Å². The molecule has 0 spiro atoms. The number of fused-ring (bicyclic) bond motifs is 1. The maximum absolute atomic E-state index is 12.4. The fraction of sp³-hybridized carbons (Fsp3) is 0.250. The third kappa shape index (κ3) is 2.40. The number of aromatic nitrogens is 1. The molecule has 0 bridgehead atoms. The molecule has 0 radical (unpaired) electrons. The van der Waals surface area contributed by atoms with Gasteiger partial charge in [0.2, 0.25) is 0 Å². The van der Waals surface area contributed by atoms with Gasteiger partial charge in [0.05, 0.1) is 5.69 Å². The molecule has 22 heavy (non-hydrogen) atoms. The van der Waals surface area contributed by atoms with E-state index >= 15 is 0 Å². The fourth-order valence-corrected chi connectivity index (χ4v) is 3.43. The zero-order valence-electron chi connectivity index (χ0n) is 11.9. The molecular weight excluding hydrogens is 320 g/mol. The first-order valence-electron chi connectivity index (χ1n) is 7.07. The number of rotatable bonds is 3. The van der Waals surface area contributed by atoms with Crippen LogP contribution in [0.4, 0.5) is 5.13 Å². The van der Waals surface area contributed by atoms with Crippen molar-refractivity contribution in [1.29, 1.82) is 0 Å². The molecule has 3 aromatic rings. The Morgan fingerprint density at radius 2 is 2.27 bits per heavy atom. The molecule has 4 nitrogen and oxygen atoms in total. The van der Waals surface area contributed by atoms with Crippen LogP contribution in [0.2, 0.25) is 5.02 Å². The van der Waals surface area contributed by atoms with Crippen molar-refractivity contribution >= 4 is 44.9 Å². The average Bonchev–Trinajstić information content (AvgIpc) is 3.17. The number of anilines is 1. The highest BCUT2D eigenvalue weighted by molar-refractivity contribution is 7.14. The van der Waals surface area contributed by atoms with E-state index in [1.54, 1.807) is 18.2 Å². The lowest BCUT2D eigenvalue weighted by Crippen LogP contribution is -2.11. The number of nitrogens with one attached hydrogen (secondary N) is 1. The monoisotopic (exact) mass is 332 g/mol. The Kier molecular flexibility index (Phi) is 3.20. The predicted molar refractivity (Wildman–Crippen MR) is 88.0 cm³/mol. The van der Waals surface area contributed by atoms with Gasteiger partial charge in [-0.15, -0.1) is 11.3 Å². The van der Waals surface area contributed by atoms with Crippen molar-refractivity contribution in [2.45, 2.75) is 25.7 Å².